The minimum Gasteiger partial charge on any atom is -0.350 e. The predicted octanol–water partition coefficient (Wildman–Crippen LogP) is 1.50. The standard InChI is InChI=1S/C13H13Cl2N3O3/c1-17-7-12(20)18(13(17)21)6-11(19)16-5-8-2-3-9(14)10(15)4-8/h2-4H,5-7H2,1H3,(H,16,19). The van der Waals surface area contributed by atoms with Crippen molar-refractivity contribution in [1.29, 1.82) is 0 Å². The predicted molar refractivity (Wildman–Crippen MR) is 78.0 cm³/mol. The number of amides is 4. The lowest BCUT2D eigenvalue weighted by Crippen LogP contribution is -2.40. The third-order valence-corrected chi connectivity index (χ3v) is 3.75. The summed E-state index contributed by atoms with van der Waals surface area (Å²) < 4.78 is 0. The normalized spacial score (nSPS) is 14.8. The fourth-order valence-corrected chi connectivity index (χ4v) is 2.19. The Kier molecular flexibility index (Phi) is 4.69. The van der Waals surface area contributed by atoms with Crippen LogP contribution in [-0.2, 0) is 16.1 Å². The average Bonchev–Trinajstić information content (AvgIpc) is 2.67. The van der Waals surface area contributed by atoms with Gasteiger partial charge in [-0.2, -0.15) is 0 Å². The lowest BCUT2D eigenvalue weighted by molar-refractivity contribution is -0.130. The van der Waals surface area contributed by atoms with Gasteiger partial charge in [0.05, 0.1) is 10.0 Å². The zero-order valence-electron chi connectivity index (χ0n) is 11.2. The molecule has 1 saturated heterocycles. The molecule has 0 atom stereocenters. The summed E-state index contributed by atoms with van der Waals surface area (Å²) in [6.45, 7) is -0.0516. The highest BCUT2D eigenvalue weighted by molar-refractivity contribution is 6.42. The quantitative estimate of drug-likeness (QED) is 0.851. The Balaban J connectivity index is 1.89. The van der Waals surface area contributed by atoms with E-state index < -0.39 is 11.9 Å². The van der Waals surface area contributed by atoms with Crippen molar-refractivity contribution in [3.8, 4) is 0 Å². The Morgan fingerprint density at radius 2 is 2.00 bits per heavy atom. The largest absolute Gasteiger partial charge is 0.350 e. The van der Waals surface area contributed by atoms with Crippen LogP contribution in [0.4, 0.5) is 4.79 Å². The molecule has 1 aromatic carbocycles. The highest BCUT2D eigenvalue weighted by Gasteiger charge is 2.34. The van der Waals surface area contributed by atoms with E-state index in [1.165, 1.54) is 11.9 Å². The van der Waals surface area contributed by atoms with E-state index in [1.54, 1.807) is 18.2 Å². The van der Waals surface area contributed by atoms with E-state index in [2.05, 4.69) is 5.32 Å². The molecule has 112 valence electrons. The van der Waals surface area contributed by atoms with Crippen LogP contribution < -0.4 is 5.32 Å². The molecule has 0 bridgehead atoms. The second-order valence-electron chi connectivity index (χ2n) is 4.64. The monoisotopic (exact) mass is 329 g/mol. The third kappa shape index (κ3) is 3.65. The summed E-state index contributed by atoms with van der Waals surface area (Å²) in [4.78, 5) is 37.1. The van der Waals surface area contributed by atoms with Gasteiger partial charge in [0, 0.05) is 13.6 Å². The molecule has 0 saturated carbocycles. The fourth-order valence-electron chi connectivity index (χ4n) is 1.87. The summed E-state index contributed by atoms with van der Waals surface area (Å²) >= 11 is 11.7. The van der Waals surface area contributed by atoms with Crippen LogP contribution >= 0.6 is 23.2 Å². The van der Waals surface area contributed by atoms with Crippen LogP contribution in [0.3, 0.4) is 0 Å². The van der Waals surface area contributed by atoms with E-state index in [-0.39, 0.29) is 25.5 Å². The van der Waals surface area contributed by atoms with Crippen molar-refractivity contribution in [3.05, 3.63) is 33.8 Å². The molecule has 1 aromatic rings. The lowest BCUT2D eigenvalue weighted by atomic mass is 10.2. The first-order valence-electron chi connectivity index (χ1n) is 6.14. The molecule has 1 aliphatic rings. The van der Waals surface area contributed by atoms with Crippen molar-refractivity contribution < 1.29 is 14.4 Å². The number of hydrogen-bond donors (Lipinski definition) is 1. The smallest absolute Gasteiger partial charge is 0.327 e. The van der Waals surface area contributed by atoms with E-state index in [9.17, 15) is 14.4 Å². The number of imide groups is 1. The maximum Gasteiger partial charge on any atom is 0.327 e. The number of benzene rings is 1. The first-order chi connectivity index (χ1) is 9.88. The van der Waals surface area contributed by atoms with Crippen molar-refractivity contribution >= 4 is 41.0 Å². The number of carbonyl (C=O) groups excluding carboxylic acids is 3. The lowest BCUT2D eigenvalue weighted by Gasteiger charge is -2.14. The minimum absolute atomic E-state index is 0.00109. The maximum absolute atomic E-state index is 11.8. The summed E-state index contributed by atoms with van der Waals surface area (Å²) in [6.07, 6.45) is 0. The Hall–Kier alpha value is -1.79. The second-order valence-corrected chi connectivity index (χ2v) is 5.46. The van der Waals surface area contributed by atoms with Crippen molar-refractivity contribution in [2.75, 3.05) is 20.1 Å². The summed E-state index contributed by atoms with van der Waals surface area (Å²) in [5.74, 6) is -0.801. The third-order valence-electron chi connectivity index (χ3n) is 3.01. The Morgan fingerprint density at radius 3 is 2.57 bits per heavy atom. The molecule has 21 heavy (non-hydrogen) atoms. The molecule has 1 fully saturated rings. The van der Waals surface area contributed by atoms with Gasteiger partial charge in [0.2, 0.25) is 5.91 Å². The van der Waals surface area contributed by atoms with Crippen molar-refractivity contribution in [2.45, 2.75) is 6.54 Å². The second kappa shape index (κ2) is 6.32. The molecule has 1 heterocycles. The Morgan fingerprint density at radius 1 is 1.29 bits per heavy atom. The summed E-state index contributed by atoms with van der Waals surface area (Å²) in [6, 6.07) is 4.54. The van der Waals surface area contributed by atoms with Crippen LogP contribution in [0.25, 0.3) is 0 Å². The van der Waals surface area contributed by atoms with Crippen LogP contribution in [-0.4, -0.2) is 47.8 Å². The summed E-state index contributed by atoms with van der Waals surface area (Å²) in [5.41, 5.74) is 0.772. The summed E-state index contributed by atoms with van der Waals surface area (Å²) in [7, 11) is 1.51. The van der Waals surface area contributed by atoms with Crippen LogP contribution in [0.2, 0.25) is 10.0 Å². The number of carbonyl (C=O) groups is 3. The van der Waals surface area contributed by atoms with Gasteiger partial charge in [0.15, 0.2) is 0 Å². The van der Waals surface area contributed by atoms with Gasteiger partial charge in [-0.05, 0) is 17.7 Å². The molecule has 2 rings (SSSR count). The number of rotatable bonds is 4. The van der Waals surface area contributed by atoms with Crippen molar-refractivity contribution in [3.63, 3.8) is 0 Å². The number of nitrogens with zero attached hydrogens (tertiary/aromatic N) is 2. The van der Waals surface area contributed by atoms with Gasteiger partial charge >= 0.3 is 6.03 Å². The van der Waals surface area contributed by atoms with Gasteiger partial charge in [0.1, 0.15) is 13.1 Å². The fraction of sp³-hybridized carbons (Fsp3) is 0.308. The van der Waals surface area contributed by atoms with Crippen molar-refractivity contribution in [2.24, 2.45) is 0 Å². The van der Waals surface area contributed by atoms with Gasteiger partial charge in [-0.3, -0.25) is 14.5 Å². The number of hydrogen-bond acceptors (Lipinski definition) is 3. The highest BCUT2D eigenvalue weighted by atomic mass is 35.5. The van der Waals surface area contributed by atoms with E-state index in [0.29, 0.717) is 10.0 Å². The molecular formula is C13H13Cl2N3O3. The van der Waals surface area contributed by atoms with Crippen LogP contribution in [0.5, 0.6) is 0 Å². The molecule has 1 N–H and O–H groups in total. The average molecular weight is 330 g/mol. The number of urea groups is 1. The first kappa shape index (κ1) is 15.6. The number of nitrogens with one attached hydrogen (secondary N) is 1. The van der Waals surface area contributed by atoms with Gasteiger partial charge in [-0.1, -0.05) is 29.3 Å². The number of likely N-dealkylation sites (N-methyl/N-ethyl adjacent to an activating group) is 1. The molecule has 0 aromatic heterocycles. The summed E-state index contributed by atoms with van der Waals surface area (Å²) in [5, 5.41) is 3.45. The van der Waals surface area contributed by atoms with Crippen LogP contribution in [0.1, 0.15) is 5.56 Å². The van der Waals surface area contributed by atoms with Gasteiger partial charge in [0.25, 0.3) is 5.91 Å². The molecule has 4 amide bonds. The maximum atomic E-state index is 11.8. The minimum atomic E-state index is -0.468. The van der Waals surface area contributed by atoms with Crippen LogP contribution in [0.15, 0.2) is 18.2 Å². The first-order valence-corrected chi connectivity index (χ1v) is 6.90. The topological polar surface area (TPSA) is 69.7 Å². The zero-order chi connectivity index (χ0) is 15.6. The molecule has 8 heteroatoms. The van der Waals surface area contributed by atoms with E-state index in [1.807, 2.05) is 0 Å². The molecule has 0 aliphatic carbocycles. The van der Waals surface area contributed by atoms with Crippen LogP contribution in [0, 0.1) is 0 Å². The Labute approximate surface area is 131 Å². The van der Waals surface area contributed by atoms with Gasteiger partial charge < -0.3 is 10.2 Å². The molecule has 1 aliphatic heterocycles. The van der Waals surface area contributed by atoms with Gasteiger partial charge in [-0.15, -0.1) is 0 Å². The van der Waals surface area contributed by atoms with E-state index >= 15 is 0 Å². The molecule has 0 spiro atoms. The molecule has 6 nitrogen and oxygen atoms in total. The molecule has 0 unspecified atom stereocenters. The zero-order valence-corrected chi connectivity index (χ0v) is 12.7. The molecule has 0 radical (unpaired) electrons. The SMILES string of the molecule is CN1CC(=O)N(CC(=O)NCc2ccc(Cl)c(Cl)c2)C1=O. The highest BCUT2D eigenvalue weighted by Crippen LogP contribution is 2.22. The van der Waals surface area contributed by atoms with E-state index in [4.69, 9.17) is 23.2 Å². The van der Waals surface area contributed by atoms with E-state index in [0.717, 1.165) is 10.5 Å². The molecular weight excluding hydrogens is 317 g/mol. The number of halogens is 2. The van der Waals surface area contributed by atoms with Gasteiger partial charge in [-0.25, -0.2) is 4.79 Å². The van der Waals surface area contributed by atoms with Crippen molar-refractivity contribution in [1.82, 2.24) is 15.1 Å². The Bertz CT molecular complexity index is 606.